The summed E-state index contributed by atoms with van der Waals surface area (Å²) >= 11 is 13.0. The van der Waals surface area contributed by atoms with Gasteiger partial charge in [-0.1, -0.05) is 281 Å². The van der Waals surface area contributed by atoms with Crippen LogP contribution in [0.25, 0.3) is 5.57 Å². The van der Waals surface area contributed by atoms with E-state index < -0.39 is 4.33 Å². The number of allylic oxidation sites excluding steroid dienone is 3. The number of hydrogen-bond acceptors (Lipinski definition) is 3. The average molecular weight is 890 g/mol. The van der Waals surface area contributed by atoms with Crippen LogP contribution in [-0.4, -0.2) is 22.7 Å². The molecule has 0 unspecified atom stereocenters. The molecule has 0 bridgehead atoms. The highest BCUT2D eigenvalue weighted by Crippen LogP contribution is 2.41. The van der Waals surface area contributed by atoms with Crippen LogP contribution >= 0.6 is 23.2 Å². The van der Waals surface area contributed by atoms with Gasteiger partial charge in [0.2, 0.25) is 0 Å². The standard InChI is InChI=1S/C56H98Cl2O3/c1-3-5-7-9-11-13-15-17-19-21-23-25-27-29-31-33-35-37-39-41-45-60-52-47-51(54-50-56(57,58)44-43-55(54)59)48-53(49-52)61-46-42-40-38-36-34-32-30-28-26-24-22-20-18-16-14-12-10-8-6-4-2/h43-44,47-49,59H,3-42,45-46,50H2,1-2H3. The summed E-state index contributed by atoms with van der Waals surface area (Å²) in [7, 11) is 0. The number of aliphatic hydroxyl groups is 1. The van der Waals surface area contributed by atoms with E-state index in [2.05, 4.69) is 13.8 Å². The summed E-state index contributed by atoms with van der Waals surface area (Å²) in [6.07, 6.45) is 58.8. The molecule has 1 aliphatic carbocycles. The summed E-state index contributed by atoms with van der Waals surface area (Å²) in [5, 5.41) is 10.7. The van der Waals surface area contributed by atoms with E-state index in [1.807, 2.05) is 18.2 Å². The number of unbranched alkanes of at least 4 members (excludes halogenated alkanes) is 38. The van der Waals surface area contributed by atoms with Gasteiger partial charge in [-0.3, -0.25) is 0 Å². The molecule has 0 aromatic heterocycles. The SMILES string of the molecule is CCCCCCCCCCCCCCCCCCCCCCOc1cc(OCCCCCCCCCCCCCCCCCCCCCC)cc(C2=C(O)C=CC(Cl)(Cl)C2)c1. The van der Waals surface area contributed by atoms with E-state index in [1.165, 1.54) is 244 Å². The lowest BCUT2D eigenvalue weighted by molar-refractivity contribution is 0.289. The zero-order valence-electron chi connectivity index (χ0n) is 40.3. The Kier molecular flexibility index (Phi) is 36.8. The summed E-state index contributed by atoms with van der Waals surface area (Å²) in [6.45, 7) is 5.96. The summed E-state index contributed by atoms with van der Waals surface area (Å²) in [5.74, 6) is 1.75. The smallest absolute Gasteiger partial charge is 0.140 e. The normalized spacial score (nSPS) is 13.7. The molecule has 1 N–H and O–H groups in total. The first-order valence-electron chi connectivity index (χ1n) is 26.9. The van der Waals surface area contributed by atoms with E-state index in [-0.39, 0.29) is 5.76 Å². The maximum absolute atomic E-state index is 10.7. The number of rotatable bonds is 45. The van der Waals surface area contributed by atoms with E-state index in [4.69, 9.17) is 32.7 Å². The molecule has 0 spiro atoms. The summed E-state index contributed by atoms with van der Waals surface area (Å²) in [6, 6.07) is 5.99. The molecule has 354 valence electrons. The Morgan fingerprint density at radius 1 is 0.410 bits per heavy atom. The molecule has 0 fully saturated rings. The van der Waals surface area contributed by atoms with Crippen LogP contribution in [0.5, 0.6) is 11.5 Å². The number of benzene rings is 1. The molecule has 1 aromatic rings. The van der Waals surface area contributed by atoms with Gasteiger partial charge < -0.3 is 14.6 Å². The first-order chi connectivity index (χ1) is 29.9. The fourth-order valence-electron chi connectivity index (χ4n) is 8.94. The van der Waals surface area contributed by atoms with Crippen LogP contribution in [0.3, 0.4) is 0 Å². The average Bonchev–Trinajstić information content (AvgIpc) is 3.25. The molecular formula is C56H98Cl2O3. The lowest BCUT2D eigenvalue weighted by Gasteiger charge is -2.23. The van der Waals surface area contributed by atoms with E-state index >= 15 is 0 Å². The molecule has 0 heterocycles. The van der Waals surface area contributed by atoms with Crippen LogP contribution in [-0.2, 0) is 0 Å². The molecule has 2 rings (SSSR count). The first kappa shape index (κ1) is 55.8. The maximum Gasteiger partial charge on any atom is 0.140 e. The third-order valence-corrected chi connectivity index (χ3v) is 13.5. The molecule has 3 nitrogen and oxygen atoms in total. The van der Waals surface area contributed by atoms with Crippen molar-refractivity contribution in [2.45, 2.75) is 281 Å². The van der Waals surface area contributed by atoms with Gasteiger partial charge in [-0.05, 0) is 42.7 Å². The molecule has 0 radical (unpaired) electrons. The molecule has 0 saturated heterocycles. The quantitative estimate of drug-likeness (QED) is 0.0524. The van der Waals surface area contributed by atoms with Crippen LogP contribution in [0.15, 0.2) is 36.1 Å². The minimum atomic E-state index is -1.04. The summed E-state index contributed by atoms with van der Waals surface area (Å²) < 4.78 is 11.5. The number of hydrogen-bond donors (Lipinski definition) is 1. The Morgan fingerprint density at radius 3 is 0.951 bits per heavy atom. The Hall–Kier alpha value is -1.32. The topological polar surface area (TPSA) is 38.7 Å². The number of ether oxygens (including phenoxy) is 2. The lowest BCUT2D eigenvalue weighted by atomic mass is 9.95. The van der Waals surface area contributed by atoms with E-state index in [0.29, 0.717) is 19.6 Å². The molecule has 0 amide bonds. The van der Waals surface area contributed by atoms with Gasteiger partial charge in [0.05, 0.1) is 13.2 Å². The molecule has 0 saturated carbocycles. The predicted molar refractivity (Wildman–Crippen MR) is 271 cm³/mol. The van der Waals surface area contributed by atoms with Crippen molar-refractivity contribution in [1.82, 2.24) is 0 Å². The first-order valence-corrected chi connectivity index (χ1v) is 27.6. The highest BCUT2D eigenvalue weighted by atomic mass is 35.5. The van der Waals surface area contributed by atoms with Crippen molar-refractivity contribution in [2.75, 3.05) is 13.2 Å². The second-order valence-corrected chi connectivity index (χ2v) is 20.5. The third kappa shape index (κ3) is 32.9. The van der Waals surface area contributed by atoms with Gasteiger partial charge in [-0.15, -0.1) is 0 Å². The largest absolute Gasteiger partial charge is 0.508 e. The van der Waals surface area contributed by atoms with Crippen molar-refractivity contribution in [1.29, 1.82) is 0 Å². The third-order valence-electron chi connectivity index (χ3n) is 13.0. The number of halogens is 2. The van der Waals surface area contributed by atoms with Crippen molar-refractivity contribution in [3.63, 3.8) is 0 Å². The highest BCUT2D eigenvalue weighted by molar-refractivity contribution is 6.50. The van der Waals surface area contributed by atoms with Gasteiger partial charge in [-0.2, -0.15) is 0 Å². The highest BCUT2D eigenvalue weighted by Gasteiger charge is 2.28. The molecule has 1 aromatic carbocycles. The zero-order chi connectivity index (χ0) is 43.7. The Labute approximate surface area is 389 Å². The predicted octanol–water partition coefficient (Wildman–Crippen LogP) is 20.5. The second-order valence-electron chi connectivity index (χ2n) is 19.0. The van der Waals surface area contributed by atoms with Gasteiger partial charge in [0.15, 0.2) is 0 Å². The van der Waals surface area contributed by atoms with Crippen LogP contribution < -0.4 is 9.47 Å². The summed E-state index contributed by atoms with van der Waals surface area (Å²) in [4.78, 5) is 0. The van der Waals surface area contributed by atoms with Crippen LogP contribution in [0.2, 0.25) is 0 Å². The van der Waals surface area contributed by atoms with Crippen molar-refractivity contribution in [3.05, 3.63) is 41.7 Å². The molecule has 0 aliphatic heterocycles. The minimum Gasteiger partial charge on any atom is -0.508 e. The van der Waals surface area contributed by atoms with Gasteiger partial charge >= 0.3 is 0 Å². The molecule has 0 atom stereocenters. The van der Waals surface area contributed by atoms with Gasteiger partial charge in [-0.25, -0.2) is 0 Å². The fourth-order valence-corrected chi connectivity index (χ4v) is 9.34. The van der Waals surface area contributed by atoms with Crippen molar-refractivity contribution >= 4 is 28.8 Å². The molecule has 1 aliphatic rings. The maximum atomic E-state index is 10.7. The summed E-state index contributed by atoms with van der Waals surface area (Å²) in [5.41, 5.74) is 1.58. The van der Waals surface area contributed by atoms with Crippen molar-refractivity contribution in [2.24, 2.45) is 0 Å². The van der Waals surface area contributed by atoms with Crippen molar-refractivity contribution < 1.29 is 14.6 Å². The molecule has 61 heavy (non-hydrogen) atoms. The Balaban J connectivity index is 1.53. The fraction of sp³-hybridized carbons (Fsp3) is 0.821. The van der Waals surface area contributed by atoms with E-state index in [1.54, 1.807) is 12.2 Å². The lowest BCUT2D eigenvalue weighted by Crippen LogP contribution is -2.14. The van der Waals surface area contributed by atoms with Crippen LogP contribution in [0, 0.1) is 0 Å². The van der Waals surface area contributed by atoms with Crippen LogP contribution in [0.4, 0.5) is 0 Å². The van der Waals surface area contributed by atoms with Gasteiger partial charge in [0, 0.05) is 18.1 Å². The number of alkyl halides is 2. The van der Waals surface area contributed by atoms with E-state index in [9.17, 15) is 5.11 Å². The van der Waals surface area contributed by atoms with Crippen LogP contribution in [0.1, 0.15) is 283 Å². The molecule has 5 heteroatoms. The van der Waals surface area contributed by atoms with E-state index in [0.717, 1.165) is 35.5 Å². The Bertz CT molecular complexity index is 1130. The Morgan fingerprint density at radius 2 is 0.672 bits per heavy atom. The monoisotopic (exact) mass is 889 g/mol. The molecular weight excluding hydrogens is 792 g/mol. The van der Waals surface area contributed by atoms with Gasteiger partial charge in [0.1, 0.15) is 21.6 Å². The van der Waals surface area contributed by atoms with Gasteiger partial charge in [0.25, 0.3) is 0 Å². The van der Waals surface area contributed by atoms with Crippen molar-refractivity contribution in [3.8, 4) is 11.5 Å². The zero-order valence-corrected chi connectivity index (χ0v) is 41.8. The number of aliphatic hydroxyl groups excluding tert-OH is 1. The second kappa shape index (κ2) is 40.2. The minimum absolute atomic E-state index is 0.197.